The standard InChI is InChI=1S/C16H14N4O2/c21-14(10-12-4-2-1-3-5-12)18-11-15-19-20-16(22-15)13-6-8-17-9-7-13/h1-9H,10-11H2,(H,18,21). The number of rotatable bonds is 5. The minimum Gasteiger partial charge on any atom is -0.419 e. The molecule has 0 saturated heterocycles. The van der Waals surface area contributed by atoms with Crippen LogP contribution in [0.15, 0.2) is 59.3 Å². The number of carbonyl (C=O) groups is 1. The van der Waals surface area contributed by atoms with E-state index in [2.05, 4.69) is 20.5 Å². The molecular formula is C16H14N4O2. The summed E-state index contributed by atoms with van der Waals surface area (Å²) in [5.41, 5.74) is 1.76. The van der Waals surface area contributed by atoms with E-state index < -0.39 is 0 Å². The molecule has 0 bridgehead atoms. The molecule has 0 radical (unpaired) electrons. The summed E-state index contributed by atoms with van der Waals surface area (Å²) < 4.78 is 5.51. The summed E-state index contributed by atoms with van der Waals surface area (Å²) in [6, 6.07) is 13.1. The Hall–Kier alpha value is -3.02. The third kappa shape index (κ3) is 3.54. The molecule has 2 heterocycles. The number of pyridine rings is 1. The molecule has 1 aromatic carbocycles. The summed E-state index contributed by atoms with van der Waals surface area (Å²) in [7, 11) is 0. The third-order valence-electron chi connectivity index (χ3n) is 3.04. The van der Waals surface area contributed by atoms with Crippen LogP contribution >= 0.6 is 0 Å². The minimum absolute atomic E-state index is 0.0881. The average Bonchev–Trinajstić information content (AvgIpc) is 3.04. The van der Waals surface area contributed by atoms with Gasteiger partial charge in [0.25, 0.3) is 0 Å². The molecule has 1 amide bonds. The van der Waals surface area contributed by atoms with Crippen molar-refractivity contribution >= 4 is 5.91 Å². The molecule has 0 fully saturated rings. The number of benzene rings is 1. The van der Waals surface area contributed by atoms with Crippen LogP contribution in [0.4, 0.5) is 0 Å². The molecule has 6 heteroatoms. The van der Waals surface area contributed by atoms with Crippen LogP contribution < -0.4 is 5.32 Å². The molecule has 1 N–H and O–H groups in total. The van der Waals surface area contributed by atoms with Gasteiger partial charge in [-0.3, -0.25) is 9.78 Å². The normalized spacial score (nSPS) is 10.4. The Morgan fingerprint density at radius 2 is 1.82 bits per heavy atom. The van der Waals surface area contributed by atoms with Crippen molar-refractivity contribution in [3.8, 4) is 11.5 Å². The van der Waals surface area contributed by atoms with Crippen LogP contribution in [-0.4, -0.2) is 21.1 Å². The van der Waals surface area contributed by atoms with Crippen LogP contribution in [0.25, 0.3) is 11.5 Å². The molecule has 0 unspecified atom stereocenters. The first-order valence-electron chi connectivity index (χ1n) is 6.84. The Balaban J connectivity index is 1.56. The van der Waals surface area contributed by atoms with Crippen molar-refractivity contribution in [2.45, 2.75) is 13.0 Å². The first kappa shape index (κ1) is 13.9. The quantitative estimate of drug-likeness (QED) is 0.778. The smallest absolute Gasteiger partial charge is 0.247 e. The Morgan fingerprint density at radius 1 is 1.05 bits per heavy atom. The summed E-state index contributed by atoms with van der Waals surface area (Å²) in [5, 5.41) is 10.6. The van der Waals surface area contributed by atoms with Crippen molar-refractivity contribution in [3.63, 3.8) is 0 Å². The van der Waals surface area contributed by atoms with Gasteiger partial charge in [-0.25, -0.2) is 0 Å². The van der Waals surface area contributed by atoms with E-state index in [1.54, 1.807) is 24.5 Å². The molecule has 0 aliphatic rings. The summed E-state index contributed by atoms with van der Waals surface area (Å²) in [6.45, 7) is 0.212. The molecule has 0 spiro atoms. The lowest BCUT2D eigenvalue weighted by Gasteiger charge is -2.02. The van der Waals surface area contributed by atoms with Crippen molar-refractivity contribution in [3.05, 3.63) is 66.3 Å². The number of carbonyl (C=O) groups excluding carboxylic acids is 1. The van der Waals surface area contributed by atoms with Gasteiger partial charge in [0.15, 0.2) is 0 Å². The van der Waals surface area contributed by atoms with Gasteiger partial charge in [-0.2, -0.15) is 0 Å². The zero-order valence-electron chi connectivity index (χ0n) is 11.8. The van der Waals surface area contributed by atoms with Gasteiger partial charge >= 0.3 is 0 Å². The van der Waals surface area contributed by atoms with Gasteiger partial charge in [0.1, 0.15) is 0 Å². The lowest BCUT2D eigenvalue weighted by molar-refractivity contribution is -0.120. The minimum atomic E-state index is -0.0881. The highest BCUT2D eigenvalue weighted by molar-refractivity contribution is 5.78. The van der Waals surface area contributed by atoms with E-state index in [4.69, 9.17) is 4.42 Å². The summed E-state index contributed by atoms with van der Waals surface area (Å²) in [6.07, 6.45) is 3.63. The second kappa shape index (κ2) is 6.62. The molecule has 0 aliphatic carbocycles. The van der Waals surface area contributed by atoms with E-state index in [0.29, 0.717) is 18.2 Å². The van der Waals surface area contributed by atoms with Gasteiger partial charge in [-0.05, 0) is 17.7 Å². The fraction of sp³-hybridized carbons (Fsp3) is 0.125. The molecule has 2 aromatic heterocycles. The van der Waals surface area contributed by atoms with Gasteiger partial charge in [0.2, 0.25) is 17.7 Å². The number of amides is 1. The molecule has 3 rings (SSSR count). The van der Waals surface area contributed by atoms with E-state index in [1.165, 1.54) is 0 Å². The second-order valence-corrected chi connectivity index (χ2v) is 4.68. The Morgan fingerprint density at radius 3 is 2.59 bits per heavy atom. The molecule has 0 saturated carbocycles. The predicted octanol–water partition coefficient (Wildman–Crippen LogP) is 1.99. The number of nitrogens with one attached hydrogen (secondary N) is 1. The van der Waals surface area contributed by atoms with Crippen LogP contribution in [0.2, 0.25) is 0 Å². The first-order chi connectivity index (χ1) is 10.8. The molecule has 0 atom stereocenters. The first-order valence-corrected chi connectivity index (χ1v) is 6.84. The second-order valence-electron chi connectivity index (χ2n) is 4.68. The Kier molecular flexibility index (Phi) is 4.20. The Bertz CT molecular complexity index is 741. The Labute approximate surface area is 127 Å². The summed E-state index contributed by atoms with van der Waals surface area (Å²) >= 11 is 0. The monoisotopic (exact) mass is 294 g/mol. The van der Waals surface area contributed by atoms with E-state index in [1.807, 2.05) is 30.3 Å². The van der Waals surface area contributed by atoms with E-state index in [-0.39, 0.29) is 12.5 Å². The number of hydrogen-bond acceptors (Lipinski definition) is 5. The maximum atomic E-state index is 11.9. The van der Waals surface area contributed by atoms with Crippen molar-refractivity contribution in [2.24, 2.45) is 0 Å². The molecular weight excluding hydrogens is 280 g/mol. The maximum absolute atomic E-state index is 11.9. The highest BCUT2D eigenvalue weighted by atomic mass is 16.4. The van der Waals surface area contributed by atoms with E-state index in [0.717, 1.165) is 11.1 Å². The topological polar surface area (TPSA) is 80.9 Å². The largest absolute Gasteiger partial charge is 0.419 e. The van der Waals surface area contributed by atoms with E-state index in [9.17, 15) is 4.79 Å². The summed E-state index contributed by atoms with van der Waals surface area (Å²) in [4.78, 5) is 15.8. The van der Waals surface area contributed by atoms with Gasteiger partial charge < -0.3 is 9.73 Å². The number of nitrogens with zero attached hydrogens (tertiary/aromatic N) is 3. The number of hydrogen-bond donors (Lipinski definition) is 1. The van der Waals surface area contributed by atoms with Crippen LogP contribution in [-0.2, 0) is 17.8 Å². The van der Waals surface area contributed by atoms with Gasteiger partial charge in [0.05, 0.1) is 13.0 Å². The maximum Gasteiger partial charge on any atom is 0.247 e. The van der Waals surface area contributed by atoms with Crippen LogP contribution in [0, 0.1) is 0 Å². The van der Waals surface area contributed by atoms with Crippen molar-refractivity contribution in [1.29, 1.82) is 0 Å². The molecule has 110 valence electrons. The third-order valence-corrected chi connectivity index (χ3v) is 3.04. The summed E-state index contributed by atoms with van der Waals surface area (Å²) in [5.74, 6) is 0.692. The van der Waals surface area contributed by atoms with E-state index >= 15 is 0 Å². The van der Waals surface area contributed by atoms with Gasteiger partial charge in [-0.1, -0.05) is 30.3 Å². The number of aromatic nitrogens is 3. The van der Waals surface area contributed by atoms with Crippen LogP contribution in [0.5, 0.6) is 0 Å². The zero-order valence-corrected chi connectivity index (χ0v) is 11.8. The van der Waals surface area contributed by atoms with Crippen molar-refractivity contribution in [2.75, 3.05) is 0 Å². The average molecular weight is 294 g/mol. The predicted molar refractivity (Wildman–Crippen MR) is 79.5 cm³/mol. The fourth-order valence-electron chi connectivity index (χ4n) is 1.95. The highest BCUT2D eigenvalue weighted by Gasteiger charge is 2.09. The van der Waals surface area contributed by atoms with Gasteiger partial charge in [0, 0.05) is 18.0 Å². The SMILES string of the molecule is O=C(Cc1ccccc1)NCc1nnc(-c2ccncc2)o1. The molecule has 3 aromatic rings. The lowest BCUT2D eigenvalue weighted by Crippen LogP contribution is -2.24. The molecule has 0 aliphatic heterocycles. The zero-order chi connectivity index (χ0) is 15.2. The highest BCUT2D eigenvalue weighted by Crippen LogP contribution is 2.15. The van der Waals surface area contributed by atoms with Crippen LogP contribution in [0.3, 0.4) is 0 Å². The van der Waals surface area contributed by atoms with Crippen molar-refractivity contribution in [1.82, 2.24) is 20.5 Å². The fourth-order valence-corrected chi connectivity index (χ4v) is 1.95. The van der Waals surface area contributed by atoms with Crippen LogP contribution in [0.1, 0.15) is 11.5 Å². The molecule has 22 heavy (non-hydrogen) atoms. The van der Waals surface area contributed by atoms with Gasteiger partial charge in [-0.15, -0.1) is 10.2 Å². The molecule has 6 nitrogen and oxygen atoms in total. The van der Waals surface area contributed by atoms with Crippen molar-refractivity contribution < 1.29 is 9.21 Å². The lowest BCUT2D eigenvalue weighted by atomic mass is 10.1.